The number of benzene rings is 2. The standard InChI is InChI=1S/C19H18N4O5S2/c1-3-27-15-4-6-16(7-5-15)28-17-9-13(8-14(10-17)23(25)26)20-18(24)11-29-19-22-21-12(2)30-19/h4-10H,3,11H2,1-2H3,(H,20,24). The molecule has 1 heterocycles. The number of hydrogen-bond donors (Lipinski definition) is 1. The first-order chi connectivity index (χ1) is 14.4. The van der Waals surface area contributed by atoms with Crippen molar-refractivity contribution in [2.45, 2.75) is 18.2 Å². The van der Waals surface area contributed by atoms with Crippen LogP contribution in [-0.4, -0.2) is 33.4 Å². The van der Waals surface area contributed by atoms with Crippen molar-refractivity contribution in [3.8, 4) is 17.2 Å². The van der Waals surface area contributed by atoms with Gasteiger partial charge in [0.1, 0.15) is 22.3 Å². The number of nitrogens with one attached hydrogen (secondary N) is 1. The molecule has 0 aliphatic rings. The van der Waals surface area contributed by atoms with Gasteiger partial charge in [0.2, 0.25) is 5.91 Å². The molecular formula is C19H18N4O5S2. The molecule has 1 amide bonds. The highest BCUT2D eigenvalue weighted by Crippen LogP contribution is 2.31. The summed E-state index contributed by atoms with van der Waals surface area (Å²) in [5.74, 6) is 1.20. The number of nitrogens with zero attached hydrogens (tertiary/aromatic N) is 3. The molecule has 1 aromatic heterocycles. The predicted octanol–water partition coefficient (Wildman–Crippen LogP) is 4.68. The quantitative estimate of drug-likeness (QED) is 0.286. The minimum atomic E-state index is -0.542. The van der Waals surface area contributed by atoms with Gasteiger partial charge in [0.05, 0.1) is 29.0 Å². The Bertz CT molecular complexity index is 1040. The molecular weight excluding hydrogens is 428 g/mol. The highest BCUT2D eigenvalue weighted by Gasteiger charge is 2.14. The van der Waals surface area contributed by atoms with E-state index in [1.165, 1.54) is 41.3 Å². The van der Waals surface area contributed by atoms with Gasteiger partial charge in [-0.05, 0) is 38.1 Å². The molecule has 156 valence electrons. The van der Waals surface area contributed by atoms with E-state index in [9.17, 15) is 14.9 Å². The first-order valence-electron chi connectivity index (χ1n) is 8.86. The van der Waals surface area contributed by atoms with E-state index in [1.807, 2.05) is 13.8 Å². The van der Waals surface area contributed by atoms with Crippen molar-refractivity contribution >= 4 is 40.4 Å². The van der Waals surface area contributed by atoms with Gasteiger partial charge in [-0.15, -0.1) is 10.2 Å². The fraction of sp³-hybridized carbons (Fsp3) is 0.211. The van der Waals surface area contributed by atoms with Crippen molar-refractivity contribution < 1.29 is 19.2 Å². The molecule has 0 spiro atoms. The summed E-state index contributed by atoms with van der Waals surface area (Å²) in [7, 11) is 0. The Labute approximate surface area is 180 Å². The van der Waals surface area contributed by atoms with Gasteiger partial charge in [0.25, 0.3) is 5.69 Å². The van der Waals surface area contributed by atoms with Gasteiger partial charge in [0.15, 0.2) is 4.34 Å². The third-order valence-corrected chi connectivity index (χ3v) is 5.56. The molecule has 0 bridgehead atoms. The van der Waals surface area contributed by atoms with Crippen LogP contribution in [0.2, 0.25) is 0 Å². The number of thioether (sulfide) groups is 1. The summed E-state index contributed by atoms with van der Waals surface area (Å²) in [5, 5.41) is 22.6. The number of hydrogen-bond acceptors (Lipinski definition) is 9. The number of amides is 1. The molecule has 0 atom stereocenters. The van der Waals surface area contributed by atoms with Crippen molar-refractivity contribution in [2.24, 2.45) is 0 Å². The van der Waals surface area contributed by atoms with Crippen LogP contribution in [0.3, 0.4) is 0 Å². The van der Waals surface area contributed by atoms with E-state index in [1.54, 1.807) is 24.3 Å². The summed E-state index contributed by atoms with van der Waals surface area (Å²) in [4.78, 5) is 23.0. The number of nitro groups is 1. The molecule has 30 heavy (non-hydrogen) atoms. The van der Waals surface area contributed by atoms with E-state index in [-0.39, 0.29) is 28.8 Å². The largest absolute Gasteiger partial charge is 0.494 e. The second-order valence-corrected chi connectivity index (χ2v) is 8.31. The molecule has 0 aliphatic carbocycles. The van der Waals surface area contributed by atoms with Gasteiger partial charge in [-0.25, -0.2) is 0 Å². The second-order valence-electron chi connectivity index (χ2n) is 5.90. The van der Waals surface area contributed by atoms with Gasteiger partial charge < -0.3 is 14.8 Å². The maximum absolute atomic E-state index is 12.2. The van der Waals surface area contributed by atoms with E-state index < -0.39 is 4.92 Å². The molecule has 0 fully saturated rings. The Kier molecular flexibility index (Phi) is 7.20. The van der Waals surface area contributed by atoms with Gasteiger partial charge in [-0.1, -0.05) is 23.1 Å². The lowest BCUT2D eigenvalue weighted by atomic mass is 10.2. The van der Waals surface area contributed by atoms with Crippen LogP contribution in [0.15, 0.2) is 46.8 Å². The normalized spacial score (nSPS) is 10.5. The third-order valence-electron chi connectivity index (χ3n) is 3.59. The van der Waals surface area contributed by atoms with E-state index in [2.05, 4.69) is 15.5 Å². The SMILES string of the molecule is CCOc1ccc(Oc2cc(NC(=O)CSc3nnc(C)s3)cc([N+](=O)[O-])c2)cc1. The van der Waals surface area contributed by atoms with Crippen molar-refractivity contribution in [3.63, 3.8) is 0 Å². The van der Waals surface area contributed by atoms with Crippen LogP contribution < -0.4 is 14.8 Å². The molecule has 2 aromatic carbocycles. The van der Waals surface area contributed by atoms with Crippen LogP contribution >= 0.6 is 23.1 Å². The second kappa shape index (κ2) is 10.0. The highest BCUT2D eigenvalue weighted by atomic mass is 32.2. The first kappa shape index (κ1) is 21.5. The van der Waals surface area contributed by atoms with Crippen LogP contribution in [0.1, 0.15) is 11.9 Å². The number of non-ortho nitro benzene ring substituents is 1. The van der Waals surface area contributed by atoms with Crippen molar-refractivity contribution in [1.29, 1.82) is 0 Å². The molecule has 11 heteroatoms. The predicted molar refractivity (Wildman–Crippen MR) is 115 cm³/mol. The smallest absolute Gasteiger partial charge is 0.275 e. The summed E-state index contributed by atoms with van der Waals surface area (Å²) in [5.41, 5.74) is 0.0744. The van der Waals surface area contributed by atoms with Crippen LogP contribution in [-0.2, 0) is 4.79 Å². The van der Waals surface area contributed by atoms with Crippen molar-refractivity contribution in [2.75, 3.05) is 17.7 Å². The highest BCUT2D eigenvalue weighted by molar-refractivity contribution is 8.01. The van der Waals surface area contributed by atoms with Crippen molar-refractivity contribution in [1.82, 2.24) is 10.2 Å². The number of aryl methyl sites for hydroxylation is 1. The number of rotatable bonds is 9. The zero-order chi connectivity index (χ0) is 21.5. The Morgan fingerprint density at radius 3 is 2.53 bits per heavy atom. The number of aromatic nitrogens is 2. The summed E-state index contributed by atoms with van der Waals surface area (Å²) in [6.45, 7) is 4.26. The van der Waals surface area contributed by atoms with Gasteiger partial charge in [-0.3, -0.25) is 14.9 Å². The van der Waals surface area contributed by atoms with E-state index in [0.717, 1.165) is 5.01 Å². The van der Waals surface area contributed by atoms with Gasteiger partial charge >= 0.3 is 0 Å². The number of ether oxygens (including phenoxy) is 2. The van der Waals surface area contributed by atoms with Crippen LogP contribution in [0.25, 0.3) is 0 Å². The van der Waals surface area contributed by atoms with E-state index in [4.69, 9.17) is 9.47 Å². The Morgan fingerprint density at radius 2 is 1.90 bits per heavy atom. The fourth-order valence-electron chi connectivity index (χ4n) is 2.39. The van der Waals surface area contributed by atoms with E-state index in [0.29, 0.717) is 22.4 Å². The molecule has 1 N–H and O–H groups in total. The molecule has 0 saturated heterocycles. The van der Waals surface area contributed by atoms with E-state index >= 15 is 0 Å². The summed E-state index contributed by atoms with van der Waals surface area (Å²) in [6, 6.07) is 11.0. The third kappa shape index (κ3) is 6.16. The lowest BCUT2D eigenvalue weighted by Crippen LogP contribution is -2.14. The maximum atomic E-state index is 12.2. The molecule has 9 nitrogen and oxygen atoms in total. The zero-order valence-electron chi connectivity index (χ0n) is 16.2. The minimum Gasteiger partial charge on any atom is -0.494 e. The van der Waals surface area contributed by atoms with Gasteiger partial charge in [-0.2, -0.15) is 0 Å². The minimum absolute atomic E-state index is 0.104. The lowest BCUT2D eigenvalue weighted by Gasteiger charge is -2.10. The number of carbonyl (C=O) groups excluding carboxylic acids is 1. The maximum Gasteiger partial charge on any atom is 0.275 e. The number of nitro benzene ring substituents is 1. The number of anilines is 1. The van der Waals surface area contributed by atoms with Crippen LogP contribution in [0.5, 0.6) is 17.2 Å². The first-order valence-corrected chi connectivity index (χ1v) is 10.7. The molecule has 3 rings (SSSR count). The molecule has 0 unspecified atom stereocenters. The van der Waals surface area contributed by atoms with Crippen molar-refractivity contribution in [3.05, 3.63) is 57.6 Å². The summed E-state index contributed by atoms with van der Waals surface area (Å²) in [6.07, 6.45) is 0. The average molecular weight is 447 g/mol. The zero-order valence-corrected chi connectivity index (χ0v) is 17.8. The van der Waals surface area contributed by atoms with Crippen LogP contribution in [0, 0.1) is 17.0 Å². The molecule has 3 aromatic rings. The fourth-order valence-corrected chi connectivity index (χ4v) is 4.00. The molecule has 0 radical (unpaired) electrons. The average Bonchev–Trinajstić information content (AvgIpc) is 3.13. The number of carbonyl (C=O) groups is 1. The van der Waals surface area contributed by atoms with Gasteiger partial charge in [0, 0.05) is 12.1 Å². The lowest BCUT2D eigenvalue weighted by molar-refractivity contribution is -0.384. The Morgan fingerprint density at radius 1 is 1.17 bits per heavy atom. The Balaban J connectivity index is 1.70. The topological polar surface area (TPSA) is 116 Å². The monoisotopic (exact) mass is 446 g/mol. The molecule has 0 aliphatic heterocycles. The summed E-state index contributed by atoms with van der Waals surface area (Å²) >= 11 is 2.64. The molecule has 0 saturated carbocycles. The summed E-state index contributed by atoms with van der Waals surface area (Å²) < 4.78 is 11.8. The van der Waals surface area contributed by atoms with Crippen LogP contribution in [0.4, 0.5) is 11.4 Å². The Hall–Kier alpha value is -3.18.